The van der Waals surface area contributed by atoms with Crippen molar-refractivity contribution in [2.45, 2.75) is 25.9 Å². The molecule has 1 aromatic heterocycles. The Kier molecular flexibility index (Phi) is 8.13. The molecular weight excluding hydrogens is 371 g/mol. The van der Waals surface area contributed by atoms with Gasteiger partial charge in [-0.05, 0) is 75.2 Å². The quantitative estimate of drug-likeness (QED) is 0.771. The van der Waals surface area contributed by atoms with E-state index < -0.39 is 0 Å². The largest absolute Gasteiger partial charge is 0.486 e. The highest BCUT2D eigenvalue weighted by Gasteiger charge is 2.25. The van der Waals surface area contributed by atoms with Gasteiger partial charge >= 0.3 is 0 Å². The second kappa shape index (κ2) is 10.3. The standard InChI is InChI=1S/C20H25FN2O3.ClH/c1-22-11-8-15-9-12-23(13-10-15)20(24)19-7-6-18(26-19)14-25-17-4-2-16(21)3-5-17;/h2-7,15,22H,8-14H2,1H3;1H. The monoisotopic (exact) mass is 396 g/mol. The molecule has 27 heavy (non-hydrogen) atoms. The van der Waals surface area contributed by atoms with E-state index in [-0.39, 0.29) is 30.7 Å². The minimum Gasteiger partial charge on any atom is -0.486 e. The first-order valence-corrected chi connectivity index (χ1v) is 9.06. The van der Waals surface area contributed by atoms with Crippen molar-refractivity contribution < 1.29 is 18.3 Å². The molecule has 0 radical (unpaired) electrons. The van der Waals surface area contributed by atoms with Crippen molar-refractivity contribution >= 4 is 18.3 Å². The number of hydrogen-bond acceptors (Lipinski definition) is 4. The minimum atomic E-state index is -0.307. The number of nitrogens with zero attached hydrogens (tertiary/aromatic N) is 1. The van der Waals surface area contributed by atoms with Crippen molar-refractivity contribution in [3.63, 3.8) is 0 Å². The predicted octanol–water partition coefficient (Wildman–Crippen LogP) is 3.88. The Balaban J connectivity index is 0.00000261. The van der Waals surface area contributed by atoms with Gasteiger partial charge in [-0.2, -0.15) is 0 Å². The van der Waals surface area contributed by atoms with Crippen molar-refractivity contribution in [2.24, 2.45) is 5.92 Å². The third-order valence-corrected chi connectivity index (χ3v) is 4.77. The number of rotatable bonds is 7. The van der Waals surface area contributed by atoms with Crippen molar-refractivity contribution in [1.82, 2.24) is 10.2 Å². The number of piperidine rings is 1. The summed E-state index contributed by atoms with van der Waals surface area (Å²) in [6.45, 7) is 2.77. The molecule has 7 heteroatoms. The van der Waals surface area contributed by atoms with E-state index in [9.17, 15) is 9.18 Å². The number of furan rings is 1. The van der Waals surface area contributed by atoms with Crippen LogP contribution < -0.4 is 10.1 Å². The second-order valence-electron chi connectivity index (χ2n) is 6.64. The zero-order valence-electron chi connectivity index (χ0n) is 15.4. The summed E-state index contributed by atoms with van der Waals surface area (Å²) in [4.78, 5) is 14.4. The lowest BCUT2D eigenvalue weighted by Crippen LogP contribution is -2.38. The van der Waals surface area contributed by atoms with Crippen LogP contribution in [0.25, 0.3) is 0 Å². The van der Waals surface area contributed by atoms with Gasteiger partial charge in [0.1, 0.15) is 23.9 Å². The highest BCUT2D eigenvalue weighted by atomic mass is 35.5. The molecule has 0 unspecified atom stereocenters. The Hall–Kier alpha value is -2.05. The summed E-state index contributed by atoms with van der Waals surface area (Å²) >= 11 is 0. The van der Waals surface area contributed by atoms with Crippen LogP contribution in [0.3, 0.4) is 0 Å². The maximum Gasteiger partial charge on any atom is 0.289 e. The van der Waals surface area contributed by atoms with Crippen LogP contribution >= 0.6 is 12.4 Å². The Morgan fingerprint density at radius 3 is 2.59 bits per heavy atom. The lowest BCUT2D eigenvalue weighted by molar-refractivity contribution is 0.0651. The van der Waals surface area contributed by atoms with Crippen LogP contribution in [0, 0.1) is 11.7 Å². The van der Waals surface area contributed by atoms with Crippen LogP contribution in [0.15, 0.2) is 40.8 Å². The average Bonchev–Trinajstić information content (AvgIpc) is 3.15. The van der Waals surface area contributed by atoms with Crippen LogP contribution in [-0.4, -0.2) is 37.5 Å². The third kappa shape index (κ3) is 5.97. The van der Waals surface area contributed by atoms with Crippen LogP contribution in [-0.2, 0) is 6.61 Å². The Morgan fingerprint density at radius 1 is 1.22 bits per heavy atom. The number of carbonyl (C=O) groups excluding carboxylic acids is 1. The molecule has 148 valence electrons. The van der Waals surface area contributed by atoms with Gasteiger partial charge in [-0.25, -0.2) is 4.39 Å². The van der Waals surface area contributed by atoms with Gasteiger partial charge in [-0.3, -0.25) is 4.79 Å². The molecule has 0 spiro atoms. The fourth-order valence-electron chi connectivity index (χ4n) is 3.18. The minimum absolute atomic E-state index is 0. The van der Waals surface area contributed by atoms with Crippen LogP contribution in [0.2, 0.25) is 0 Å². The Labute approximate surface area is 165 Å². The fourth-order valence-corrected chi connectivity index (χ4v) is 3.18. The molecule has 2 aromatic rings. The fraction of sp³-hybridized carbons (Fsp3) is 0.450. The first-order chi connectivity index (χ1) is 12.7. The highest BCUT2D eigenvalue weighted by Crippen LogP contribution is 2.22. The number of hydrogen-bond donors (Lipinski definition) is 1. The van der Waals surface area contributed by atoms with Gasteiger partial charge < -0.3 is 19.4 Å². The van der Waals surface area contributed by atoms with Gasteiger partial charge in [0, 0.05) is 13.1 Å². The molecule has 1 aliphatic rings. The number of benzene rings is 1. The Bertz CT molecular complexity index is 712. The van der Waals surface area contributed by atoms with E-state index in [4.69, 9.17) is 9.15 Å². The molecular formula is C20H26ClFN2O3. The average molecular weight is 397 g/mol. The second-order valence-corrected chi connectivity index (χ2v) is 6.64. The van der Waals surface area contributed by atoms with E-state index in [1.807, 2.05) is 11.9 Å². The molecule has 1 aromatic carbocycles. The van der Waals surface area contributed by atoms with Gasteiger partial charge in [0.15, 0.2) is 5.76 Å². The summed E-state index contributed by atoms with van der Waals surface area (Å²) in [5, 5.41) is 3.18. The summed E-state index contributed by atoms with van der Waals surface area (Å²) < 4.78 is 24.1. The first-order valence-electron chi connectivity index (χ1n) is 9.06. The SMILES string of the molecule is CNCCC1CCN(C(=O)c2ccc(COc3ccc(F)cc3)o2)CC1.Cl. The zero-order valence-corrected chi connectivity index (χ0v) is 16.3. The van der Waals surface area contributed by atoms with Crippen LogP contribution in [0.5, 0.6) is 5.75 Å². The molecule has 5 nitrogen and oxygen atoms in total. The molecule has 0 bridgehead atoms. The molecule has 3 rings (SSSR count). The van der Waals surface area contributed by atoms with Crippen molar-refractivity contribution in [3.05, 3.63) is 53.7 Å². The summed E-state index contributed by atoms with van der Waals surface area (Å²) in [5.41, 5.74) is 0. The number of halogens is 2. The molecule has 2 heterocycles. The smallest absolute Gasteiger partial charge is 0.289 e. The summed E-state index contributed by atoms with van der Waals surface area (Å²) in [5.74, 6) is 1.78. The van der Waals surface area contributed by atoms with Gasteiger partial charge in [0.2, 0.25) is 0 Å². The maximum atomic E-state index is 12.9. The lowest BCUT2D eigenvalue weighted by Gasteiger charge is -2.31. The predicted molar refractivity (Wildman–Crippen MR) is 104 cm³/mol. The highest BCUT2D eigenvalue weighted by molar-refractivity contribution is 5.91. The topological polar surface area (TPSA) is 54.7 Å². The van der Waals surface area contributed by atoms with Crippen LogP contribution in [0.1, 0.15) is 35.6 Å². The number of nitrogens with one attached hydrogen (secondary N) is 1. The molecule has 0 saturated carbocycles. The molecule has 1 N–H and O–H groups in total. The number of carbonyl (C=O) groups is 1. The van der Waals surface area contributed by atoms with E-state index in [0.717, 1.165) is 38.9 Å². The summed E-state index contributed by atoms with van der Waals surface area (Å²) in [6, 6.07) is 9.24. The number of likely N-dealkylation sites (tertiary alicyclic amines) is 1. The molecule has 0 aliphatic carbocycles. The van der Waals surface area contributed by atoms with E-state index in [1.165, 1.54) is 12.1 Å². The molecule has 1 saturated heterocycles. The summed E-state index contributed by atoms with van der Waals surface area (Å²) in [6.07, 6.45) is 3.23. The number of ether oxygens (including phenoxy) is 1. The van der Waals surface area contributed by atoms with E-state index in [0.29, 0.717) is 23.2 Å². The zero-order chi connectivity index (χ0) is 18.4. The molecule has 1 aliphatic heterocycles. The van der Waals surface area contributed by atoms with Crippen LogP contribution in [0.4, 0.5) is 4.39 Å². The summed E-state index contributed by atoms with van der Waals surface area (Å²) in [7, 11) is 1.97. The van der Waals surface area contributed by atoms with Crippen molar-refractivity contribution in [1.29, 1.82) is 0 Å². The molecule has 0 atom stereocenters. The molecule has 1 fully saturated rings. The van der Waals surface area contributed by atoms with E-state index in [2.05, 4.69) is 5.32 Å². The van der Waals surface area contributed by atoms with Gasteiger partial charge in [-0.1, -0.05) is 0 Å². The first kappa shape index (κ1) is 21.3. The van der Waals surface area contributed by atoms with Gasteiger partial charge in [-0.15, -0.1) is 12.4 Å². The van der Waals surface area contributed by atoms with Crippen molar-refractivity contribution in [2.75, 3.05) is 26.7 Å². The maximum absolute atomic E-state index is 12.9. The normalized spacial score (nSPS) is 14.7. The van der Waals surface area contributed by atoms with E-state index >= 15 is 0 Å². The van der Waals surface area contributed by atoms with E-state index in [1.54, 1.807) is 24.3 Å². The molecule has 1 amide bonds. The van der Waals surface area contributed by atoms with Crippen molar-refractivity contribution in [3.8, 4) is 5.75 Å². The van der Waals surface area contributed by atoms with Gasteiger partial charge in [0.25, 0.3) is 5.91 Å². The lowest BCUT2D eigenvalue weighted by atomic mass is 9.93. The number of amides is 1. The third-order valence-electron chi connectivity index (χ3n) is 4.77. The Morgan fingerprint density at radius 2 is 1.93 bits per heavy atom. The van der Waals surface area contributed by atoms with Gasteiger partial charge in [0.05, 0.1) is 0 Å².